The van der Waals surface area contributed by atoms with Crippen LogP contribution >= 0.6 is 45.9 Å². The van der Waals surface area contributed by atoms with Gasteiger partial charge >= 0.3 is 0 Å². The molecule has 1 aliphatic rings. The highest BCUT2D eigenvalue weighted by atomic mass is 35.5. The predicted molar refractivity (Wildman–Crippen MR) is 137 cm³/mol. The number of hydrogen-bond acceptors (Lipinski definition) is 6. The zero-order valence-electron chi connectivity index (χ0n) is 17.9. The van der Waals surface area contributed by atoms with Gasteiger partial charge in [-0.05, 0) is 49.6 Å². The number of halogens is 2. The Bertz CT molecular complexity index is 1230. The van der Waals surface area contributed by atoms with Crippen LogP contribution in [0.1, 0.15) is 57.5 Å². The Morgan fingerprint density at radius 2 is 1.85 bits per heavy atom. The van der Waals surface area contributed by atoms with Gasteiger partial charge in [-0.25, -0.2) is 0 Å². The van der Waals surface area contributed by atoms with Gasteiger partial charge in [0, 0.05) is 22.7 Å². The van der Waals surface area contributed by atoms with Crippen molar-refractivity contribution in [2.75, 3.05) is 6.54 Å². The van der Waals surface area contributed by atoms with Gasteiger partial charge in [0.1, 0.15) is 12.3 Å². The molecule has 0 saturated heterocycles. The number of rotatable bonds is 7. The number of amides is 1. The average Bonchev–Trinajstić information content (AvgIpc) is 3.55. The Morgan fingerprint density at radius 3 is 2.58 bits per heavy atom. The second-order valence-corrected chi connectivity index (χ2v) is 10.7. The summed E-state index contributed by atoms with van der Waals surface area (Å²) >= 11 is 14.6. The van der Waals surface area contributed by atoms with E-state index in [0.29, 0.717) is 36.0 Å². The summed E-state index contributed by atoms with van der Waals surface area (Å²) in [7, 11) is 0. The van der Waals surface area contributed by atoms with Crippen LogP contribution in [-0.2, 0) is 0 Å². The molecular formula is C24H22Cl2N2O3S2. The van der Waals surface area contributed by atoms with Gasteiger partial charge < -0.3 is 10.4 Å². The van der Waals surface area contributed by atoms with Gasteiger partial charge in [-0.2, -0.15) is 0 Å². The number of nitrogens with one attached hydrogen (secondary N) is 1. The van der Waals surface area contributed by atoms with Crippen LogP contribution in [0.25, 0.3) is 10.4 Å². The van der Waals surface area contributed by atoms with Crippen LogP contribution in [-0.4, -0.2) is 35.1 Å². The Morgan fingerprint density at radius 1 is 1.12 bits per heavy atom. The zero-order valence-corrected chi connectivity index (χ0v) is 21.0. The average molecular weight is 521 g/mol. The molecule has 0 bridgehead atoms. The molecule has 172 valence electrons. The lowest BCUT2D eigenvalue weighted by molar-refractivity contribution is 0.0941. The second kappa shape index (κ2) is 10.4. The summed E-state index contributed by atoms with van der Waals surface area (Å²) in [5.41, 5.74) is 1.87. The van der Waals surface area contributed by atoms with E-state index in [1.54, 1.807) is 42.6 Å². The Hall–Kier alpha value is -2.19. The molecule has 1 fully saturated rings. The van der Waals surface area contributed by atoms with Gasteiger partial charge in [0.2, 0.25) is 0 Å². The molecule has 0 atom stereocenters. The number of carbonyl (C=O) groups is 2. The first-order valence-electron chi connectivity index (χ1n) is 10.5. The van der Waals surface area contributed by atoms with Crippen molar-refractivity contribution < 1.29 is 14.7 Å². The van der Waals surface area contributed by atoms with Crippen molar-refractivity contribution in [1.29, 1.82) is 0 Å². The Balaban J connectivity index is 1.42. The van der Waals surface area contributed by atoms with Crippen molar-refractivity contribution in [2.24, 2.45) is 4.99 Å². The number of aromatic hydroxyl groups is 1. The first kappa shape index (κ1) is 24.0. The second-order valence-electron chi connectivity index (χ2n) is 7.90. The normalized spacial score (nSPS) is 14.6. The topological polar surface area (TPSA) is 78.8 Å². The molecule has 2 heterocycles. The van der Waals surface area contributed by atoms with Crippen molar-refractivity contribution in [1.82, 2.24) is 5.32 Å². The third kappa shape index (κ3) is 5.49. The van der Waals surface area contributed by atoms with E-state index in [1.807, 2.05) is 0 Å². The number of aliphatic imine (C=N–C) groups is 1. The molecule has 33 heavy (non-hydrogen) atoms. The minimum Gasteiger partial charge on any atom is -0.506 e. The number of nitrogens with zero attached hydrogens (tertiary/aromatic N) is 1. The van der Waals surface area contributed by atoms with Gasteiger partial charge in [-0.15, -0.1) is 22.7 Å². The number of hydrogen-bond donors (Lipinski definition) is 2. The van der Waals surface area contributed by atoms with E-state index in [9.17, 15) is 14.7 Å². The van der Waals surface area contributed by atoms with Crippen molar-refractivity contribution >= 4 is 63.3 Å². The molecule has 1 saturated carbocycles. The van der Waals surface area contributed by atoms with Gasteiger partial charge in [0.25, 0.3) is 5.91 Å². The van der Waals surface area contributed by atoms with Crippen molar-refractivity contribution in [3.63, 3.8) is 0 Å². The summed E-state index contributed by atoms with van der Waals surface area (Å²) in [4.78, 5) is 31.1. The van der Waals surface area contributed by atoms with Crippen molar-refractivity contribution in [3.8, 4) is 16.2 Å². The van der Waals surface area contributed by atoms with Crippen LogP contribution in [0.15, 0.2) is 40.7 Å². The molecule has 0 spiro atoms. The monoisotopic (exact) mass is 520 g/mol. The zero-order chi connectivity index (χ0) is 23.5. The van der Waals surface area contributed by atoms with Gasteiger partial charge in [0.05, 0.1) is 24.7 Å². The minimum atomic E-state index is -0.168. The molecule has 1 aliphatic carbocycles. The molecular weight excluding hydrogens is 499 g/mol. The fourth-order valence-corrected chi connectivity index (χ4v) is 5.88. The van der Waals surface area contributed by atoms with Gasteiger partial charge in [-0.1, -0.05) is 42.1 Å². The summed E-state index contributed by atoms with van der Waals surface area (Å²) in [6, 6.07) is 8.77. The molecule has 9 heteroatoms. The number of thiophene rings is 2. The molecule has 0 aliphatic heterocycles. The van der Waals surface area contributed by atoms with Crippen molar-refractivity contribution in [2.45, 2.75) is 38.6 Å². The van der Waals surface area contributed by atoms with E-state index in [0.717, 1.165) is 31.2 Å². The molecule has 0 unspecified atom stereocenters. The largest absolute Gasteiger partial charge is 0.506 e. The number of carbonyl (C=O) groups excluding carboxylic acids is 2. The van der Waals surface area contributed by atoms with E-state index in [4.69, 9.17) is 23.2 Å². The van der Waals surface area contributed by atoms with Crippen LogP contribution in [0.3, 0.4) is 0 Å². The quantitative estimate of drug-likeness (QED) is 0.264. The van der Waals surface area contributed by atoms with Gasteiger partial charge in [0.15, 0.2) is 5.78 Å². The van der Waals surface area contributed by atoms with Crippen molar-refractivity contribution in [3.05, 3.63) is 61.1 Å². The first-order valence-corrected chi connectivity index (χ1v) is 13.0. The maximum absolute atomic E-state index is 12.6. The lowest BCUT2D eigenvalue weighted by atomic mass is 10.1. The summed E-state index contributed by atoms with van der Waals surface area (Å²) in [6.07, 6.45) is 4.31. The SMILES string of the molecule is CC(=NCC(=O)c1ccc(C(=O)NC2CCCC2)s1)c1csc(-c2ccc(Cl)c(Cl)c2)c1O. The maximum Gasteiger partial charge on any atom is 0.261 e. The number of ketones is 1. The fourth-order valence-electron chi connectivity index (χ4n) is 3.74. The number of benzene rings is 1. The van der Waals surface area contributed by atoms with E-state index in [-0.39, 0.29) is 30.0 Å². The van der Waals surface area contributed by atoms with Crippen LogP contribution < -0.4 is 5.32 Å². The molecule has 1 aromatic carbocycles. The fraction of sp³-hybridized carbons (Fsp3) is 0.292. The molecule has 1 amide bonds. The van der Waals surface area contributed by atoms with Crippen LogP contribution in [0.2, 0.25) is 10.0 Å². The molecule has 2 N–H and O–H groups in total. The van der Waals surface area contributed by atoms with Crippen LogP contribution in [0.4, 0.5) is 0 Å². The highest BCUT2D eigenvalue weighted by Crippen LogP contribution is 2.40. The van der Waals surface area contributed by atoms with Crippen LogP contribution in [0.5, 0.6) is 5.75 Å². The Kier molecular flexibility index (Phi) is 7.54. The van der Waals surface area contributed by atoms with E-state index >= 15 is 0 Å². The molecule has 2 aromatic heterocycles. The minimum absolute atomic E-state index is 0.0621. The number of Topliss-reactive ketones (excluding diaryl/α,β-unsaturated/α-hetero) is 1. The summed E-state index contributed by atoms with van der Waals surface area (Å²) in [6.45, 7) is 1.69. The highest BCUT2D eigenvalue weighted by molar-refractivity contribution is 7.16. The van der Waals surface area contributed by atoms with E-state index in [1.165, 1.54) is 22.7 Å². The molecule has 0 radical (unpaired) electrons. The summed E-state index contributed by atoms with van der Waals surface area (Å²) < 4.78 is 0. The lowest BCUT2D eigenvalue weighted by Crippen LogP contribution is -2.31. The van der Waals surface area contributed by atoms with E-state index in [2.05, 4.69) is 10.3 Å². The smallest absolute Gasteiger partial charge is 0.261 e. The highest BCUT2D eigenvalue weighted by Gasteiger charge is 2.20. The third-order valence-corrected chi connectivity index (χ3v) is 8.47. The Labute approximate surface area is 210 Å². The molecule has 5 nitrogen and oxygen atoms in total. The maximum atomic E-state index is 12.6. The standard InChI is InChI=1S/C24H22Cl2N2O3S2/c1-13(16-12-32-23(22(16)30)14-6-7-17(25)18(26)10-14)27-11-19(29)20-8-9-21(33-20)24(31)28-15-4-2-3-5-15/h6-10,12,15,30H,2-5,11H2,1H3,(H,28,31). The lowest BCUT2D eigenvalue weighted by Gasteiger charge is -2.10. The van der Waals surface area contributed by atoms with Gasteiger partial charge in [-0.3, -0.25) is 14.6 Å². The predicted octanol–water partition coefficient (Wildman–Crippen LogP) is 6.85. The first-order chi connectivity index (χ1) is 15.8. The van der Waals surface area contributed by atoms with Crippen LogP contribution in [0, 0.1) is 0 Å². The van der Waals surface area contributed by atoms with E-state index < -0.39 is 0 Å². The third-order valence-electron chi connectivity index (χ3n) is 5.59. The molecule has 3 aromatic rings. The summed E-state index contributed by atoms with van der Waals surface area (Å²) in [5, 5.41) is 16.4. The summed E-state index contributed by atoms with van der Waals surface area (Å²) in [5.74, 6) is -0.198. The molecule has 4 rings (SSSR count).